The van der Waals surface area contributed by atoms with Crippen LogP contribution in [0.2, 0.25) is 5.02 Å². The molecule has 1 saturated heterocycles. The first kappa shape index (κ1) is 15.9. The summed E-state index contributed by atoms with van der Waals surface area (Å²) in [6.07, 6.45) is 1.58. The average Bonchev–Trinajstić information content (AvgIpc) is 2.97. The van der Waals surface area contributed by atoms with Crippen LogP contribution in [-0.2, 0) is 22.5 Å². The molecule has 0 bridgehead atoms. The van der Waals surface area contributed by atoms with E-state index in [0.717, 1.165) is 49.7 Å². The lowest BCUT2D eigenvalue weighted by Crippen LogP contribution is -2.42. The summed E-state index contributed by atoms with van der Waals surface area (Å²) in [6.45, 7) is 5.45. The third kappa shape index (κ3) is 3.16. The summed E-state index contributed by atoms with van der Waals surface area (Å²) in [5.74, 6) is 0.242. The van der Waals surface area contributed by atoms with Crippen LogP contribution < -0.4 is 0 Å². The maximum absolute atomic E-state index is 12.3. The van der Waals surface area contributed by atoms with Gasteiger partial charge in [0.15, 0.2) is 0 Å². The van der Waals surface area contributed by atoms with Crippen molar-refractivity contribution in [2.45, 2.75) is 19.4 Å². The van der Waals surface area contributed by atoms with Gasteiger partial charge in [0.1, 0.15) is 0 Å². The Balaban J connectivity index is 1.41. The number of hydrogen-bond donors (Lipinski definition) is 1. The number of rotatable bonds is 3. The molecule has 0 aliphatic carbocycles. The Bertz CT molecular complexity index is 752. The number of morpholine rings is 1. The van der Waals surface area contributed by atoms with E-state index in [-0.39, 0.29) is 5.91 Å². The van der Waals surface area contributed by atoms with Crippen LogP contribution in [0.4, 0.5) is 0 Å². The SMILES string of the molecule is O=C(CCN1CCc2[nH]c3ccc(Cl)cc3c2C1)N1CCOCC1. The molecule has 0 saturated carbocycles. The van der Waals surface area contributed by atoms with Crippen LogP contribution in [0.5, 0.6) is 0 Å². The lowest BCUT2D eigenvalue weighted by atomic mass is 10.0. The van der Waals surface area contributed by atoms with Gasteiger partial charge in [-0.15, -0.1) is 0 Å². The quantitative estimate of drug-likeness (QED) is 0.927. The molecule has 5 nitrogen and oxygen atoms in total. The van der Waals surface area contributed by atoms with Gasteiger partial charge in [0.2, 0.25) is 5.91 Å². The van der Waals surface area contributed by atoms with E-state index in [1.807, 2.05) is 23.1 Å². The fourth-order valence-corrected chi connectivity index (χ4v) is 3.83. The number of carbonyl (C=O) groups is 1. The summed E-state index contributed by atoms with van der Waals surface area (Å²) in [4.78, 5) is 20.1. The molecule has 1 aromatic heterocycles. The zero-order chi connectivity index (χ0) is 16.5. The monoisotopic (exact) mass is 347 g/mol. The van der Waals surface area contributed by atoms with Gasteiger partial charge in [-0.1, -0.05) is 11.6 Å². The van der Waals surface area contributed by atoms with Gasteiger partial charge in [-0.2, -0.15) is 0 Å². The zero-order valence-corrected chi connectivity index (χ0v) is 14.4. The lowest BCUT2D eigenvalue weighted by Gasteiger charge is -2.30. The number of halogens is 1. The van der Waals surface area contributed by atoms with Gasteiger partial charge >= 0.3 is 0 Å². The molecule has 0 radical (unpaired) electrons. The standard InChI is InChI=1S/C18H22ClN3O2/c19-13-1-2-16-14(11-13)15-12-21(5-3-17(15)20-16)6-4-18(23)22-7-9-24-10-8-22/h1-2,11,20H,3-10,12H2. The minimum atomic E-state index is 0.242. The van der Waals surface area contributed by atoms with Crippen LogP contribution in [0.25, 0.3) is 10.9 Å². The van der Waals surface area contributed by atoms with Crippen molar-refractivity contribution in [3.63, 3.8) is 0 Å². The highest BCUT2D eigenvalue weighted by Crippen LogP contribution is 2.29. The summed E-state index contributed by atoms with van der Waals surface area (Å²) in [5.41, 5.74) is 3.79. The average molecular weight is 348 g/mol. The maximum atomic E-state index is 12.3. The smallest absolute Gasteiger partial charge is 0.224 e. The Labute approximate surface area is 146 Å². The van der Waals surface area contributed by atoms with Crippen molar-refractivity contribution in [3.8, 4) is 0 Å². The van der Waals surface area contributed by atoms with Crippen LogP contribution in [0.3, 0.4) is 0 Å². The number of hydrogen-bond acceptors (Lipinski definition) is 3. The summed E-state index contributed by atoms with van der Waals surface area (Å²) < 4.78 is 5.31. The summed E-state index contributed by atoms with van der Waals surface area (Å²) >= 11 is 6.16. The fraction of sp³-hybridized carbons (Fsp3) is 0.500. The molecule has 24 heavy (non-hydrogen) atoms. The van der Waals surface area contributed by atoms with Crippen LogP contribution in [0, 0.1) is 0 Å². The molecule has 0 spiro atoms. The number of aromatic nitrogens is 1. The van der Waals surface area contributed by atoms with Crippen LogP contribution in [-0.4, -0.2) is 60.1 Å². The third-order valence-corrected chi connectivity index (χ3v) is 5.26. The molecule has 1 fully saturated rings. The largest absolute Gasteiger partial charge is 0.378 e. The number of benzene rings is 1. The van der Waals surface area contributed by atoms with Gasteiger partial charge < -0.3 is 14.6 Å². The van der Waals surface area contributed by atoms with E-state index >= 15 is 0 Å². The molecule has 2 aliphatic heterocycles. The van der Waals surface area contributed by atoms with Crippen molar-refractivity contribution in [3.05, 3.63) is 34.5 Å². The van der Waals surface area contributed by atoms with Gasteiger partial charge in [-0.3, -0.25) is 9.69 Å². The van der Waals surface area contributed by atoms with Gasteiger partial charge in [-0.25, -0.2) is 0 Å². The first-order valence-corrected chi connectivity index (χ1v) is 8.95. The molecule has 1 aromatic carbocycles. The second-order valence-corrected chi connectivity index (χ2v) is 6.98. The first-order valence-electron chi connectivity index (χ1n) is 8.57. The topological polar surface area (TPSA) is 48.6 Å². The second-order valence-electron chi connectivity index (χ2n) is 6.54. The number of nitrogens with one attached hydrogen (secondary N) is 1. The number of aromatic amines is 1. The molecule has 1 amide bonds. The molecule has 0 atom stereocenters. The third-order valence-electron chi connectivity index (χ3n) is 5.02. The van der Waals surface area contributed by atoms with E-state index < -0.39 is 0 Å². The van der Waals surface area contributed by atoms with Crippen LogP contribution >= 0.6 is 11.6 Å². The van der Waals surface area contributed by atoms with Crippen LogP contribution in [0.15, 0.2) is 18.2 Å². The number of fused-ring (bicyclic) bond motifs is 3. The molecule has 1 N–H and O–H groups in total. The molecule has 4 rings (SSSR count). The second kappa shape index (κ2) is 6.75. The molecule has 6 heteroatoms. The summed E-state index contributed by atoms with van der Waals surface area (Å²) in [6, 6.07) is 6.00. The number of amides is 1. The number of nitrogens with zero attached hydrogens (tertiary/aromatic N) is 2. The van der Waals surface area contributed by atoms with Crippen molar-refractivity contribution in [1.82, 2.24) is 14.8 Å². The number of ether oxygens (including phenoxy) is 1. The Morgan fingerprint density at radius 3 is 2.92 bits per heavy atom. The predicted molar refractivity (Wildman–Crippen MR) is 94.3 cm³/mol. The molecule has 2 aromatic rings. The highest BCUT2D eigenvalue weighted by Gasteiger charge is 2.22. The number of H-pyrrole nitrogens is 1. The lowest BCUT2D eigenvalue weighted by molar-refractivity contribution is -0.135. The molecule has 2 aliphatic rings. The van der Waals surface area contributed by atoms with E-state index in [1.165, 1.54) is 16.6 Å². The maximum Gasteiger partial charge on any atom is 0.224 e. The predicted octanol–water partition coefficient (Wildman–Crippen LogP) is 2.43. The Morgan fingerprint density at radius 1 is 1.25 bits per heavy atom. The normalized spacial score (nSPS) is 18.8. The van der Waals surface area contributed by atoms with E-state index in [4.69, 9.17) is 16.3 Å². The minimum Gasteiger partial charge on any atom is -0.378 e. The Kier molecular flexibility index (Phi) is 4.48. The van der Waals surface area contributed by atoms with Gasteiger partial charge in [0.05, 0.1) is 13.2 Å². The molecular weight excluding hydrogens is 326 g/mol. The van der Waals surface area contributed by atoms with E-state index in [9.17, 15) is 4.79 Å². The Morgan fingerprint density at radius 2 is 2.08 bits per heavy atom. The van der Waals surface area contributed by atoms with Crippen LogP contribution in [0.1, 0.15) is 17.7 Å². The molecule has 0 unspecified atom stereocenters. The minimum absolute atomic E-state index is 0.242. The molecular formula is C18H22ClN3O2. The van der Waals surface area contributed by atoms with Crippen molar-refractivity contribution >= 4 is 28.4 Å². The van der Waals surface area contributed by atoms with Gasteiger partial charge in [0, 0.05) is 67.2 Å². The van der Waals surface area contributed by atoms with Crippen molar-refractivity contribution in [1.29, 1.82) is 0 Å². The zero-order valence-electron chi connectivity index (χ0n) is 13.7. The van der Waals surface area contributed by atoms with Crippen molar-refractivity contribution in [2.24, 2.45) is 0 Å². The summed E-state index contributed by atoms with van der Waals surface area (Å²) in [7, 11) is 0. The Hall–Kier alpha value is -1.56. The van der Waals surface area contributed by atoms with Crippen molar-refractivity contribution < 1.29 is 9.53 Å². The highest BCUT2D eigenvalue weighted by atomic mass is 35.5. The molecule has 128 valence electrons. The van der Waals surface area contributed by atoms with E-state index in [0.29, 0.717) is 19.6 Å². The first-order chi connectivity index (χ1) is 11.7. The highest BCUT2D eigenvalue weighted by molar-refractivity contribution is 6.31. The van der Waals surface area contributed by atoms with Crippen molar-refractivity contribution in [2.75, 3.05) is 39.4 Å². The van der Waals surface area contributed by atoms with Gasteiger partial charge in [0.25, 0.3) is 0 Å². The van der Waals surface area contributed by atoms with Gasteiger partial charge in [-0.05, 0) is 23.8 Å². The molecule has 3 heterocycles. The van der Waals surface area contributed by atoms with E-state index in [2.05, 4.69) is 9.88 Å². The fourth-order valence-electron chi connectivity index (χ4n) is 3.66. The number of carbonyl (C=O) groups excluding carboxylic acids is 1. The summed E-state index contributed by atoms with van der Waals surface area (Å²) in [5, 5.41) is 1.98. The van der Waals surface area contributed by atoms with E-state index in [1.54, 1.807) is 0 Å².